The molecule has 0 aromatic carbocycles. The van der Waals surface area contributed by atoms with Crippen LogP contribution in [0.5, 0.6) is 0 Å². The Morgan fingerprint density at radius 3 is 3.22 bits per heavy atom. The van der Waals surface area contributed by atoms with Crippen molar-refractivity contribution >= 4 is 0 Å². The summed E-state index contributed by atoms with van der Waals surface area (Å²) in [4.78, 5) is 4.28. The van der Waals surface area contributed by atoms with Gasteiger partial charge in [-0.25, -0.2) is 4.98 Å². The largest absolute Gasteiger partial charge is 0.381 e. The highest BCUT2D eigenvalue weighted by Crippen LogP contribution is 2.22. The van der Waals surface area contributed by atoms with Crippen molar-refractivity contribution in [3.63, 3.8) is 0 Å². The van der Waals surface area contributed by atoms with Crippen LogP contribution < -0.4 is 5.32 Å². The lowest BCUT2D eigenvalue weighted by atomic mass is 10.0. The van der Waals surface area contributed by atoms with E-state index < -0.39 is 0 Å². The van der Waals surface area contributed by atoms with Gasteiger partial charge < -0.3 is 19.4 Å². The molecule has 0 spiro atoms. The number of imidazole rings is 1. The second-order valence-corrected chi connectivity index (χ2v) is 5.12. The van der Waals surface area contributed by atoms with E-state index in [2.05, 4.69) is 14.9 Å². The molecule has 1 N–H and O–H groups in total. The fourth-order valence-electron chi connectivity index (χ4n) is 2.74. The number of hydrogen-bond donors (Lipinski definition) is 1. The standard InChI is InChI=1S/C13H21N3O2/c1-2-11(9-17-4-1)8-16-10-15-6-12(16)13-7-14-3-5-18-13/h6,10-11,13-14H,1-5,7-9H2. The minimum Gasteiger partial charge on any atom is -0.381 e. The van der Waals surface area contributed by atoms with Crippen LogP contribution in [0.25, 0.3) is 0 Å². The first-order valence-electron chi connectivity index (χ1n) is 6.83. The molecule has 0 aliphatic carbocycles. The Labute approximate surface area is 107 Å². The predicted molar refractivity (Wildman–Crippen MR) is 67.3 cm³/mol. The highest BCUT2D eigenvalue weighted by atomic mass is 16.5. The van der Waals surface area contributed by atoms with Gasteiger partial charge in [0.25, 0.3) is 0 Å². The Hall–Kier alpha value is -0.910. The molecular weight excluding hydrogens is 230 g/mol. The summed E-state index contributed by atoms with van der Waals surface area (Å²) in [5, 5.41) is 3.36. The van der Waals surface area contributed by atoms with Gasteiger partial charge in [-0.05, 0) is 12.8 Å². The summed E-state index contributed by atoms with van der Waals surface area (Å²) in [5.74, 6) is 0.614. The molecule has 2 aliphatic heterocycles. The lowest BCUT2D eigenvalue weighted by molar-refractivity contribution is 0.0192. The highest BCUT2D eigenvalue weighted by Gasteiger charge is 2.21. The van der Waals surface area contributed by atoms with Crippen LogP contribution in [-0.4, -0.2) is 42.5 Å². The molecule has 5 nitrogen and oxygen atoms in total. The molecule has 2 unspecified atom stereocenters. The third kappa shape index (κ3) is 2.74. The van der Waals surface area contributed by atoms with E-state index in [1.807, 2.05) is 12.5 Å². The van der Waals surface area contributed by atoms with Gasteiger partial charge in [0, 0.05) is 32.2 Å². The van der Waals surface area contributed by atoms with E-state index in [1.165, 1.54) is 18.5 Å². The molecule has 100 valence electrons. The van der Waals surface area contributed by atoms with Crippen molar-refractivity contribution in [2.75, 3.05) is 32.9 Å². The van der Waals surface area contributed by atoms with Crippen molar-refractivity contribution in [3.8, 4) is 0 Å². The molecule has 3 heterocycles. The first kappa shape index (κ1) is 12.1. The topological polar surface area (TPSA) is 48.3 Å². The third-order valence-corrected chi connectivity index (χ3v) is 3.71. The molecule has 2 aliphatic rings. The maximum Gasteiger partial charge on any atom is 0.111 e. The van der Waals surface area contributed by atoms with Crippen LogP contribution in [0, 0.1) is 5.92 Å². The van der Waals surface area contributed by atoms with E-state index in [0.29, 0.717) is 5.92 Å². The van der Waals surface area contributed by atoms with Crippen LogP contribution in [0.3, 0.4) is 0 Å². The first-order chi connectivity index (χ1) is 8.93. The molecule has 18 heavy (non-hydrogen) atoms. The maximum atomic E-state index is 5.80. The molecule has 1 aromatic rings. The van der Waals surface area contributed by atoms with Crippen molar-refractivity contribution in [2.24, 2.45) is 5.92 Å². The molecule has 2 fully saturated rings. The van der Waals surface area contributed by atoms with Gasteiger partial charge in [0.15, 0.2) is 0 Å². The predicted octanol–water partition coefficient (Wildman–Crippen LogP) is 0.971. The van der Waals surface area contributed by atoms with Crippen molar-refractivity contribution in [1.82, 2.24) is 14.9 Å². The number of hydrogen-bond acceptors (Lipinski definition) is 4. The van der Waals surface area contributed by atoms with E-state index >= 15 is 0 Å². The molecular formula is C13H21N3O2. The van der Waals surface area contributed by atoms with Gasteiger partial charge in [0.1, 0.15) is 6.10 Å². The number of ether oxygens (including phenoxy) is 2. The van der Waals surface area contributed by atoms with Crippen LogP contribution in [0.2, 0.25) is 0 Å². The van der Waals surface area contributed by atoms with Crippen molar-refractivity contribution < 1.29 is 9.47 Å². The van der Waals surface area contributed by atoms with Crippen LogP contribution >= 0.6 is 0 Å². The Balaban J connectivity index is 1.66. The molecule has 1 aromatic heterocycles. The number of nitrogens with one attached hydrogen (secondary N) is 1. The van der Waals surface area contributed by atoms with Crippen molar-refractivity contribution in [3.05, 3.63) is 18.2 Å². The molecule has 5 heteroatoms. The van der Waals surface area contributed by atoms with Gasteiger partial charge in [-0.15, -0.1) is 0 Å². The second-order valence-electron chi connectivity index (χ2n) is 5.12. The van der Waals surface area contributed by atoms with Gasteiger partial charge in [-0.2, -0.15) is 0 Å². The highest BCUT2D eigenvalue weighted by molar-refractivity contribution is 5.05. The Morgan fingerprint density at radius 1 is 1.44 bits per heavy atom. The van der Waals surface area contributed by atoms with E-state index in [1.54, 1.807) is 0 Å². The van der Waals surface area contributed by atoms with Gasteiger partial charge >= 0.3 is 0 Å². The molecule has 0 radical (unpaired) electrons. The summed E-state index contributed by atoms with van der Waals surface area (Å²) in [6.07, 6.45) is 6.42. The Morgan fingerprint density at radius 2 is 2.44 bits per heavy atom. The SMILES string of the molecule is c1ncn(CC2CCCOC2)c1C1CNCCO1. The van der Waals surface area contributed by atoms with Gasteiger partial charge in [-0.1, -0.05) is 0 Å². The second kappa shape index (κ2) is 5.82. The number of morpholine rings is 1. The molecule has 2 atom stereocenters. The lowest BCUT2D eigenvalue weighted by Gasteiger charge is -2.27. The van der Waals surface area contributed by atoms with Crippen molar-refractivity contribution in [1.29, 1.82) is 0 Å². The number of rotatable bonds is 3. The van der Waals surface area contributed by atoms with Crippen LogP contribution in [0.15, 0.2) is 12.5 Å². The Kier molecular flexibility index (Phi) is 3.93. The van der Waals surface area contributed by atoms with E-state index in [4.69, 9.17) is 9.47 Å². The zero-order valence-corrected chi connectivity index (χ0v) is 10.7. The van der Waals surface area contributed by atoms with E-state index in [-0.39, 0.29) is 6.10 Å². The molecule has 0 saturated carbocycles. The normalized spacial score (nSPS) is 29.3. The zero-order valence-electron chi connectivity index (χ0n) is 10.7. The smallest absolute Gasteiger partial charge is 0.111 e. The quantitative estimate of drug-likeness (QED) is 0.869. The Bertz CT molecular complexity index is 368. The number of aromatic nitrogens is 2. The molecule has 2 saturated heterocycles. The average Bonchev–Trinajstić information content (AvgIpc) is 2.89. The summed E-state index contributed by atoms with van der Waals surface area (Å²) in [7, 11) is 0. The van der Waals surface area contributed by atoms with Crippen LogP contribution in [0.1, 0.15) is 24.6 Å². The summed E-state index contributed by atoms with van der Waals surface area (Å²) >= 11 is 0. The lowest BCUT2D eigenvalue weighted by Crippen LogP contribution is -2.34. The fourth-order valence-corrected chi connectivity index (χ4v) is 2.74. The van der Waals surface area contributed by atoms with Gasteiger partial charge in [-0.3, -0.25) is 0 Å². The zero-order chi connectivity index (χ0) is 12.2. The first-order valence-corrected chi connectivity index (χ1v) is 6.83. The summed E-state index contributed by atoms with van der Waals surface area (Å²) in [6, 6.07) is 0. The minimum atomic E-state index is 0.144. The summed E-state index contributed by atoms with van der Waals surface area (Å²) in [6.45, 7) is 5.40. The van der Waals surface area contributed by atoms with Gasteiger partial charge in [0.2, 0.25) is 0 Å². The average molecular weight is 251 g/mol. The minimum absolute atomic E-state index is 0.144. The molecule has 0 bridgehead atoms. The third-order valence-electron chi connectivity index (χ3n) is 3.71. The summed E-state index contributed by atoms with van der Waals surface area (Å²) in [5.41, 5.74) is 1.19. The van der Waals surface area contributed by atoms with Crippen molar-refractivity contribution in [2.45, 2.75) is 25.5 Å². The fraction of sp³-hybridized carbons (Fsp3) is 0.769. The van der Waals surface area contributed by atoms with Gasteiger partial charge in [0.05, 0.1) is 31.4 Å². The van der Waals surface area contributed by atoms with E-state index in [0.717, 1.165) is 39.5 Å². The molecule has 3 rings (SSSR count). The van der Waals surface area contributed by atoms with Crippen LogP contribution in [0.4, 0.5) is 0 Å². The monoisotopic (exact) mass is 251 g/mol. The summed E-state index contributed by atoms with van der Waals surface area (Å²) < 4.78 is 13.6. The van der Waals surface area contributed by atoms with Crippen LogP contribution in [-0.2, 0) is 16.0 Å². The van der Waals surface area contributed by atoms with E-state index in [9.17, 15) is 0 Å². The maximum absolute atomic E-state index is 5.80. The number of nitrogens with zero attached hydrogens (tertiary/aromatic N) is 2. The molecule has 0 amide bonds.